The molecule has 2 aromatic carbocycles. The average molecular weight is 411 g/mol. The zero-order valence-electron chi connectivity index (χ0n) is 16.4. The number of hydrogen-bond donors (Lipinski definition) is 0. The minimum Gasteiger partial charge on any atom is -0.461 e. The fraction of sp³-hybridized carbons (Fsp3) is 0.182. The Labute approximate surface area is 169 Å². The van der Waals surface area contributed by atoms with Crippen molar-refractivity contribution < 1.29 is 22.4 Å². The second kappa shape index (κ2) is 8.45. The van der Waals surface area contributed by atoms with Crippen LogP contribution in [0, 0.1) is 6.92 Å². The van der Waals surface area contributed by atoms with Crippen molar-refractivity contribution in [3.05, 3.63) is 83.6 Å². The van der Waals surface area contributed by atoms with Crippen LogP contribution in [0.4, 0.5) is 0 Å². The minimum atomic E-state index is -3.97. The van der Waals surface area contributed by atoms with Crippen LogP contribution in [0.25, 0.3) is 10.5 Å². The van der Waals surface area contributed by atoms with Gasteiger partial charge in [-0.1, -0.05) is 48.5 Å². The summed E-state index contributed by atoms with van der Waals surface area (Å²) in [6.45, 7) is 5.09. The molecule has 0 unspecified atom stereocenters. The SMILES string of the molecule is CCOC(=O)c1nc(/C(=C(/C)c2ccccc2)S(=O)(=O)c2ccccc2)oc1C. The molecule has 0 aliphatic rings. The van der Waals surface area contributed by atoms with Crippen LogP contribution < -0.4 is 0 Å². The highest BCUT2D eigenvalue weighted by Gasteiger charge is 2.31. The molecule has 0 saturated heterocycles. The van der Waals surface area contributed by atoms with Gasteiger partial charge in [-0.05, 0) is 44.0 Å². The molecule has 0 aliphatic heterocycles. The van der Waals surface area contributed by atoms with E-state index < -0.39 is 15.8 Å². The molecular formula is C22H21NO5S. The Bertz CT molecular complexity index is 1150. The summed E-state index contributed by atoms with van der Waals surface area (Å²) < 4.78 is 37.6. The highest BCUT2D eigenvalue weighted by Crippen LogP contribution is 2.35. The summed E-state index contributed by atoms with van der Waals surface area (Å²) >= 11 is 0. The van der Waals surface area contributed by atoms with Gasteiger partial charge >= 0.3 is 5.97 Å². The van der Waals surface area contributed by atoms with Gasteiger partial charge in [-0.3, -0.25) is 0 Å². The molecule has 0 bridgehead atoms. The number of hydrogen-bond acceptors (Lipinski definition) is 6. The molecule has 7 heteroatoms. The number of esters is 1. The van der Waals surface area contributed by atoms with E-state index in [1.807, 2.05) is 18.2 Å². The molecule has 0 spiro atoms. The first-order chi connectivity index (χ1) is 13.9. The Kier molecular flexibility index (Phi) is 5.98. The summed E-state index contributed by atoms with van der Waals surface area (Å²) in [7, 11) is -3.97. The van der Waals surface area contributed by atoms with Crippen molar-refractivity contribution >= 4 is 26.3 Å². The predicted octanol–water partition coefficient (Wildman–Crippen LogP) is 4.52. The van der Waals surface area contributed by atoms with Gasteiger partial charge in [0.1, 0.15) is 10.7 Å². The molecule has 0 fully saturated rings. The number of ether oxygens (including phenoxy) is 1. The van der Waals surface area contributed by atoms with Gasteiger partial charge in [-0.25, -0.2) is 18.2 Å². The maximum atomic E-state index is 13.5. The zero-order chi connectivity index (χ0) is 21.0. The molecule has 29 heavy (non-hydrogen) atoms. The van der Waals surface area contributed by atoms with Crippen LogP contribution in [-0.2, 0) is 14.6 Å². The van der Waals surface area contributed by atoms with Gasteiger partial charge in [-0.15, -0.1) is 0 Å². The monoisotopic (exact) mass is 411 g/mol. The molecule has 3 rings (SSSR count). The highest BCUT2D eigenvalue weighted by molar-refractivity contribution is 8.00. The number of carbonyl (C=O) groups is 1. The maximum Gasteiger partial charge on any atom is 0.360 e. The molecule has 0 radical (unpaired) electrons. The maximum absolute atomic E-state index is 13.5. The number of allylic oxidation sites excluding steroid dienone is 1. The lowest BCUT2D eigenvalue weighted by Gasteiger charge is -2.11. The first-order valence-corrected chi connectivity index (χ1v) is 10.6. The molecule has 3 aromatic rings. The lowest BCUT2D eigenvalue weighted by Crippen LogP contribution is -2.09. The lowest BCUT2D eigenvalue weighted by molar-refractivity contribution is 0.0518. The van der Waals surface area contributed by atoms with E-state index in [4.69, 9.17) is 9.15 Å². The van der Waals surface area contributed by atoms with E-state index in [1.165, 1.54) is 12.1 Å². The van der Waals surface area contributed by atoms with E-state index in [-0.39, 0.29) is 33.8 Å². The second-order valence-electron chi connectivity index (χ2n) is 6.28. The van der Waals surface area contributed by atoms with Gasteiger partial charge < -0.3 is 9.15 Å². The number of sulfone groups is 1. The summed E-state index contributed by atoms with van der Waals surface area (Å²) in [6, 6.07) is 17.1. The summed E-state index contributed by atoms with van der Waals surface area (Å²) in [5, 5.41) is 0. The van der Waals surface area contributed by atoms with Crippen LogP contribution in [0.15, 0.2) is 70.0 Å². The van der Waals surface area contributed by atoms with Crippen LogP contribution in [0.3, 0.4) is 0 Å². The first kappa shape index (κ1) is 20.5. The van der Waals surface area contributed by atoms with E-state index in [0.29, 0.717) is 11.1 Å². The Balaban J connectivity index is 2.26. The van der Waals surface area contributed by atoms with Gasteiger partial charge in [0.05, 0.1) is 11.5 Å². The van der Waals surface area contributed by atoms with Crippen LogP contribution in [0.5, 0.6) is 0 Å². The average Bonchev–Trinajstić information content (AvgIpc) is 3.10. The third kappa shape index (κ3) is 4.14. The summed E-state index contributed by atoms with van der Waals surface area (Å²) in [6.07, 6.45) is 0. The molecule has 150 valence electrons. The summed E-state index contributed by atoms with van der Waals surface area (Å²) in [5.74, 6) is -0.607. The van der Waals surface area contributed by atoms with Crippen LogP contribution in [-0.4, -0.2) is 26.0 Å². The fourth-order valence-electron chi connectivity index (χ4n) is 2.90. The number of rotatable bonds is 6. The third-order valence-electron chi connectivity index (χ3n) is 4.33. The van der Waals surface area contributed by atoms with Gasteiger partial charge in [0.2, 0.25) is 15.7 Å². The van der Waals surface area contributed by atoms with Gasteiger partial charge in [-0.2, -0.15) is 0 Å². The quantitative estimate of drug-likeness (QED) is 0.554. The van der Waals surface area contributed by atoms with Crippen LogP contribution in [0.1, 0.15) is 41.6 Å². The summed E-state index contributed by atoms with van der Waals surface area (Å²) in [5.41, 5.74) is 1.13. The standard InChI is InChI=1S/C22H21NO5S/c1-4-27-22(24)19-16(3)28-21(23-19)20(15(2)17-11-7-5-8-12-17)29(25,26)18-13-9-6-10-14-18/h5-14H,4H2,1-3H3/b20-15+. The Morgan fingerprint density at radius 3 is 2.21 bits per heavy atom. The molecular weight excluding hydrogens is 390 g/mol. The van der Waals surface area contributed by atoms with Crippen molar-refractivity contribution in [2.75, 3.05) is 6.61 Å². The van der Waals surface area contributed by atoms with E-state index in [1.54, 1.807) is 51.1 Å². The molecule has 1 aromatic heterocycles. The van der Waals surface area contributed by atoms with E-state index in [9.17, 15) is 13.2 Å². The number of carbonyl (C=O) groups excluding carboxylic acids is 1. The molecule has 1 heterocycles. The number of oxazole rings is 1. The number of nitrogens with zero attached hydrogens (tertiary/aromatic N) is 1. The number of aryl methyl sites for hydroxylation is 1. The largest absolute Gasteiger partial charge is 0.461 e. The van der Waals surface area contributed by atoms with Gasteiger partial charge in [0.25, 0.3) is 0 Å². The number of benzene rings is 2. The van der Waals surface area contributed by atoms with Crippen molar-refractivity contribution in [3.8, 4) is 0 Å². The lowest BCUT2D eigenvalue weighted by atomic mass is 10.1. The Morgan fingerprint density at radius 2 is 1.62 bits per heavy atom. The van der Waals surface area contributed by atoms with Crippen molar-refractivity contribution in [2.24, 2.45) is 0 Å². The van der Waals surface area contributed by atoms with E-state index in [2.05, 4.69) is 4.98 Å². The topological polar surface area (TPSA) is 86.5 Å². The van der Waals surface area contributed by atoms with E-state index >= 15 is 0 Å². The van der Waals surface area contributed by atoms with Crippen LogP contribution in [0.2, 0.25) is 0 Å². The molecule has 0 amide bonds. The first-order valence-electron chi connectivity index (χ1n) is 9.07. The van der Waals surface area contributed by atoms with Crippen molar-refractivity contribution in [1.82, 2.24) is 4.98 Å². The van der Waals surface area contributed by atoms with E-state index in [0.717, 1.165) is 0 Å². The van der Waals surface area contributed by atoms with Crippen molar-refractivity contribution in [1.29, 1.82) is 0 Å². The van der Waals surface area contributed by atoms with Crippen molar-refractivity contribution in [3.63, 3.8) is 0 Å². The highest BCUT2D eigenvalue weighted by atomic mass is 32.2. The molecule has 0 aliphatic carbocycles. The summed E-state index contributed by atoms with van der Waals surface area (Å²) in [4.78, 5) is 16.4. The minimum absolute atomic E-state index is 0.0385. The van der Waals surface area contributed by atoms with Crippen LogP contribution >= 0.6 is 0 Å². The zero-order valence-corrected chi connectivity index (χ0v) is 17.2. The Hall–Kier alpha value is -3.19. The molecule has 0 atom stereocenters. The Morgan fingerprint density at radius 1 is 1.03 bits per heavy atom. The molecule has 6 nitrogen and oxygen atoms in total. The normalized spacial score (nSPS) is 12.4. The van der Waals surface area contributed by atoms with Gasteiger partial charge in [0.15, 0.2) is 5.69 Å². The smallest absolute Gasteiger partial charge is 0.360 e. The predicted molar refractivity (Wildman–Crippen MR) is 110 cm³/mol. The number of aromatic nitrogens is 1. The molecule has 0 N–H and O–H groups in total. The molecule has 0 saturated carbocycles. The second-order valence-corrected chi connectivity index (χ2v) is 8.17. The third-order valence-corrected chi connectivity index (χ3v) is 6.24. The van der Waals surface area contributed by atoms with Crippen molar-refractivity contribution in [2.45, 2.75) is 25.7 Å². The fourth-order valence-corrected chi connectivity index (χ4v) is 4.49. The van der Waals surface area contributed by atoms with Gasteiger partial charge in [0, 0.05) is 0 Å².